The highest BCUT2D eigenvalue weighted by Crippen LogP contribution is 2.34. The van der Waals surface area contributed by atoms with Gasteiger partial charge in [0.15, 0.2) is 11.5 Å². The summed E-state index contributed by atoms with van der Waals surface area (Å²) >= 11 is 5.65. The van der Waals surface area contributed by atoms with Crippen LogP contribution in [0.5, 0.6) is 17.5 Å². The fraction of sp³-hybridized carbons (Fsp3) is 0.214. The third-order valence-corrected chi connectivity index (χ3v) is 2.72. The lowest BCUT2D eigenvalue weighted by molar-refractivity contribution is -0.139. The van der Waals surface area contributed by atoms with Gasteiger partial charge >= 0.3 is 12.2 Å². The molecule has 0 unspecified atom stereocenters. The van der Waals surface area contributed by atoms with E-state index in [1.807, 2.05) is 6.07 Å². The average molecular weight is 344 g/mol. The Labute approximate surface area is 134 Å². The summed E-state index contributed by atoms with van der Waals surface area (Å²) in [4.78, 5) is 7.61. The smallest absolute Gasteiger partial charge is 0.392 e. The average Bonchev–Trinajstić information content (AvgIpc) is 2.49. The predicted molar refractivity (Wildman–Crippen MR) is 74.4 cm³/mol. The number of rotatable bonds is 5. The van der Waals surface area contributed by atoms with Crippen molar-refractivity contribution in [3.8, 4) is 23.6 Å². The first-order valence-electron chi connectivity index (χ1n) is 6.27. The molecule has 0 aliphatic rings. The molecule has 0 aliphatic heterocycles. The quantitative estimate of drug-likeness (QED) is 0.816. The predicted octanol–water partition coefficient (Wildman–Crippen LogP) is 4.13. The van der Waals surface area contributed by atoms with E-state index in [2.05, 4.69) is 9.97 Å². The van der Waals surface area contributed by atoms with Gasteiger partial charge in [-0.2, -0.15) is 18.4 Å². The van der Waals surface area contributed by atoms with Crippen LogP contribution in [0.1, 0.15) is 12.0 Å². The van der Waals surface area contributed by atoms with Gasteiger partial charge in [-0.25, -0.2) is 9.97 Å². The number of hydrogen-bond donors (Lipinski definition) is 0. The monoisotopic (exact) mass is 343 g/mol. The van der Waals surface area contributed by atoms with Crippen LogP contribution in [-0.2, 0) is 0 Å². The van der Waals surface area contributed by atoms with Gasteiger partial charge in [-0.15, -0.1) is 0 Å². The Hall–Kier alpha value is -2.53. The minimum absolute atomic E-state index is 0.0357. The number of para-hydroxylation sites is 1. The van der Waals surface area contributed by atoms with Gasteiger partial charge in [0.05, 0.1) is 36.0 Å². The van der Waals surface area contributed by atoms with Crippen molar-refractivity contribution < 1.29 is 22.6 Å². The molecule has 0 amide bonds. The van der Waals surface area contributed by atoms with E-state index in [4.69, 9.17) is 26.3 Å². The zero-order valence-corrected chi connectivity index (χ0v) is 12.2. The van der Waals surface area contributed by atoms with Crippen molar-refractivity contribution in [1.82, 2.24) is 9.97 Å². The van der Waals surface area contributed by atoms with E-state index in [0.717, 1.165) is 0 Å². The molecule has 1 aromatic heterocycles. The van der Waals surface area contributed by atoms with E-state index in [1.54, 1.807) is 0 Å². The number of aromatic nitrogens is 2. The maximum absolute atomic E-state index is 12.2. The van der Waals surface area contributed by atoms with Gasteiger partial charge in [0.1, 0.15) is 6.07 Å². The third kappa shape index (κ3) is 5.00. The summed E-state index contributed by atoms with van der Waals surface area (Å²) in [6.45, 7) is -0.639. The summed E-state index contributed by atoms with van der Waals surface area (Å²) in [5, 5.41) is 9.34. The van der Waals surface area contributed by atoms with E-state index in [1.165, 1.54) is 30.6 Å². The molecular formula is C14H9ClF3N3O2. The highest BCUT2D eigenvalue weighted by molar-refractivity contribution is 6.30. The zero-order valence-electron chi connectivity index (χ0n) is 11.5. The van der Waals surface area contributed by atoms with Crippen LogP contribution in [0.4, 0.5) is 13.2 Å². The largest absolute Gasteiger partial charge is 0.488 e. The number of nitriles is 1. The van der Waals surface area contributed by atoms with Gasteiger partial charge in [-0.3, -0.25) is 0 Å². The Morgan fingerprint density at radius 2 is 1.91 bits per heavy atom. The molecule has 0 radical (unpaired) electrons. The minimum atomic E-state index is -4.36. The lowest BCUT2D eigenvalue weighted by Crippen LogP contribution is -2.13. The van der Waals surface area contributed by atoms with Crippen LogP contribution in [0.15, 0.2) is 30.6 Å². The highest BCUT2D eigenvalue weighted by Gasteiger charge is 2.27. The van der Waals surface area contributed by atoms with E-state index in [0.29, 0.717) is 5.02 Å². The second-order valence-corrected chi connectivity index (χ2v) is 4.68. The Bertz CT molecular complexity index is 715. The summed E-state index contributed by atoms with van der Waals surface area (Å²) in [6, 6.07) is 6.09. The molecule has 0 bridgehead atoms. The van der Waals surface area contributed by atoms with Crippen molar-refractivity contribution in [2.75, 3.05) is 6.61 Å². The molecule has 0 saturated heterocycles. The fourth-order valence-electron chi connectivity index (χ4n) is 1.55. The molecule has 5 nitrogen and oxygen atoms in total. The Balaban J connectivity index is 2.21. The number of benzene rings is 1. The van der Waals surface area contributed by atoms with Crippen molar-refractivity contribution in [3.63, 3.8) is 0 Å². The van der Waals surface area contributed by atoms with Gasteiger partial charge in [0.25, 0.3) is 0 Å². The maximum Gasteiger partial charge on any atom is 0.392 e. The minimum Gasteiger partial charge on any atom is -0.488 e. The number of ether oxygens (including phenoxy) is 2. The molecule has 0 fully saturated rings. The normalized spacial score (nSPS) is 10.9. The van der Waals surface area contributed by atoms with Crippen LogP contribution in [0.25, 0.3) is 0 Å². The van der Waals surface area contributed by atoms with E-state index in [-0.39, 0.29) is 23.1 Å². The molecular weight excluding hydrogens is 335 g/mol. The van der Waals surface area contributed by atoms with Gasteiger partial charge in [0.2, 0.25) is 0 Å². The first kappa shape index (κ1) is 16.8. The molecule has 0 N–H and O–H groups in total. The third-order valence-electron chi connectivity index (χ3n) is 2.53. The summed E-state index contributed by atoms with van der Waals surface area (Å²) in [6.07, 6.45) is -2.92. The Morgan fingerprint density at radius 1 is 1.22 bits per heavy atom. The summed E-state index contributed by atoms with van der Waals surface area (Å²) in [5.74, 6) is -0.0636. The van der Waals surface area contributed by atoms with Crippen molar-refractivity contribution in [2.24, 2.45) is 0 Å². The highest BCUT2D eigenvalue weighted by atomic mass is 35.5. The molecule has 0 aliphatic carbocycles. The molecule has 2 rings (SSSR count). The lowest BCUT2D eigenvalue weighted by Gasteiger charge is -2.13. The van der Waals surface area contributed by atoms with Crippen LogP contribution < -0.4 is 9.47 Å². The topological polar surface area (TPSA) is 68.0 Å². The molecule has 1 heterocycles. The van der Waals surface area contributed by atoms with Gasteiger partial charge < -0.3 is 9.47 Å². The second-order valence-electron chi connectivity index (χ2n) is 4.24. The molecule has 0 spiro atoms. The van der Waals surface area contributed by atoms with Crippen molar-refractivity contribution in [3.05, 3.63) is 41.2 Å². The fourth-order valence-corrected chi connectivity index (χ4v) is 1.65. The van der Waals surface area contributed by atoms with Crippen LogP contribution >= 0.6 is 11.6 Å². The van der Waals surface area contributed by atoms with Gasteiger partial charge in [-0.1, -0.05) is 17.7 Å². The SMILES string of the molecule is N#Cc1cccc(Oc2ncc(Cl)cn2)c1OCCC(F)(F)F. The molecule has 120 valence electrons. The van der Waals surface area contributed by atoms with Crippen LogP contribution in [0.2, 0.25) is 5.02 Å². The molecule has 0 atom stereocenters. The number of nitrogens with zero attached hydrogens (tertiary/aromatic N) is 3. The lowest BCUT2D eigenvalue weighted by atomic mass is 10.2. The van der Waals surface area contributed by atoms with E-state index in [9.17, 15) is 13.2 Å². The summed E-state index contributed by atoms with van der Waals surface area (Å²) in [7, 11) is 0. The summed E-state index contributed by atoms with van der Waals surface area (Å²) < 4.78 is 47.1. The molecule has 2 aromatic rings. The molecule has 23 heavy (non-hydrogen) atoms. The molecule has 9 heteroatoms. The van der Waals surface area contributed by atoms with E-state index < -0.39 is 19.2 Å². The molecule has 0 saturated carbocycles. The Morgan fingerprint density at radius 3 is 2.52 bits per heavy atom. The van der Waals surface area contributed by atoms with Crippen LogP contribution in [0, 0.1) is 11.3 Å². The maximum atomic E-state index is 12.2. The standard InChI is InChI=1S/C14H9ClF3N3O2/c15-10-7-20-13(21-8-10)23-11-3-1-2-9(6-19)12(11)22-5-4-14(16,17)18/h1-3,7-8H,4-5H2. The van der Waals surface area contributed by atoms with Crippen LogP contribution in [0.3, 0.4) is 0 Å². The van der Waals surface area contributed by atoms with Crippen molar-refractivity contribution in [2.45, 2.75) is 12.6 Å². The first-order chi connectivity index (χ1) is 10.9. The number of halogens is 4. The Kier molecular flexibility index (Phi) is 5.24. The number of alkyl halides is 3. The van der Waals surface area contributed by atoms with E-state index >= 15 is 0 Å². The zero-order chi connectivity index (χ0) is 16.9. The van der Waals surface area contributed by atoms with Crippen molar-refractivity contribution in [1.29, 1.82) is 5.26 Å². The van der Waals surface area contributed by atoms with Crippen molar-refractivity contribution >= 4 is 11.6 Å². The number of hydrogen-bond acceptors (Lipinski definition) is 5. The van der Waals surface area contributed by atoms with Gasteiger partial charge in [0, 0.05) is 0 Å². The first-order valence-corrected chi connectivity index (χ1v) is 6.65. The second kappa shape index (κ2) is 7.15. The van der Waals surface area contributed by atoms with Crippen LogP contribution in [-0.4, -0.2) is 22.8 Å². The van der Waals surface area contributed by atoms with Gasteiger partial charge in [-0.05, 0) is 12.1 Å². The summed E-state index contributed by atoms with van der Waals surface area (Å²) in [5.41, 5.74) is 0.0404. The molecule has 1 aromatic carbocycles.